The molecule has 36 heavy (non-hydrogen) atoms. The number of carbonyl (C=O) groups is 1. The lowest BCUT2D eigenvalue weighted by Gasteiger charge is -2.39. The highest BCUT2D eigenvalue weighted by atomic mass is 32.2. The molecule has 9 heteroatoms. The smallest absolute Gasteiger partial charge is 0.282 e. The first-order valence-corrected chi connectivity index (χ1v) is 13.5. The van der Waals surface area contributed by atoms with Crippen molar-refractivity contribution in [3.05, 3.63) is 41.5 Å². The summed E-state index contributed by atoms with van der Waals surface area (Å²) in [7, 11) is 0. The van der Waals surface area contributed by atoms with Crippen molar-refractivity contribution in [2.24, 2.45) is 5.41 Å². The number of piperidine rings is 1. The molecular weight excluding hydrogens is 480 g/mol. The molecule has 194 valence electrons. The number of nitrogens with zero attached hydrogens (tertiary/aromatic N) is 3. The zero-order valence-electron chi connectivity index (χ0n) is 21.5. The molecule has 0 bridgehead atoms. The SMILES string of the molecule is Cc1cc(NC(=O)c2ccc(NSC(C)(C)C)cc2N2CCC3(CC2)CC3)nc(N2CC(F)(F)C2)c1. The fourth-order valence-electron chi connectivity index (χ4n) is 4.89. The van der Waals surface area contributed by atoms with Crippen LogP contribution in [0.25, 0.3) is 0 Å². The maximum atomic E-state index is 13.5. The van der Waals surface area contributed by atoms with Crippen molar-refractivity contribution in [3.63, 3.8) is 0 Å². The summed E-state index contributed by atoms with van der Waals surface area (Å²) in [6, 6.07) is 9.40. The molecule has 0 atom stereocenters. The van der Waals surface area contributed by atoms with E-state index < -0.39 is 5.92 Å². The Morgan fingerprint density at radius 3 is 2.33 bits per heavy atom. The zero-order chi connectivity index (χ0) is 25.7. The van der Waals surface area contributed by atoms with Crippen molar-refractivity contribution in [2.45, 2.75) is 64.0 Å². The Kier molecular flexibility index (Phi) is 6.34. The highest BCUT2D eigenvalue weighted by Crippen LogP contribution is 2.54. The third-order valence-corrected chi connectivity index (χ3v) is 8.16. The van der Waals surface area contributed by atoms with Gasteiger partial charge in [0.15, 0.2) is 0 Å². The number of aryl methyl sites for hydroxylation is 1. The fourth-order valence-corrected chi connectivity index (χ4v) is 5.44. The van der Waals surface area contributed by atoms with Crippen LogP contribution in [0.2, 0.25) is 0 Å². The van der Waals surface area contributed by atoms with E-state index in [-0.39, 0.29) is 23.7 Å². The lowest BCUT2D eigenvalue weighted by Crippen LogP contribution is -2.56. The second kappa shape index (κ2) is 9.08. The Bertz CT molecular complexity index is 1140. The molecule has 2 N–H and O–H groups in total. The first-order valence-electron chi connectivity index (χ1n) is 12.7. The maximum Gasteiger partial charge on any atom is 0.282 e. The third kappa shape index (κ3) is 5.71. The topological polar surface area (TPSA) is 60.5 Å². The van der Waals surface area contributed by atoms with Gasteiger partial charge in [0.05, 0.1) is 24.3 Å². The van der Waals surface area contributed by atoms with Gasteiger partial charge in [-0.3, -0.25) is 4.79 Å². The lowest BCUT2D eigenvalue weighted by atomic mass is 9.93. The second-order valence-electron chi connectivity index (χ2n) is 11.6. The Labute approximate surface area is 216 Å². The Balaban J connectivity index is 1.37. The summed E-state index contributed by atoms with van der Waals surface area (Å²) in [5, 5.41) is 2.93. The number of benzene rings is 1. The van der Waals surface area contributed by atoms with E-state index >= 15 is 0 Å². The minimum absolute atomic E-state index is 0.0503. The van der Waals surface area contributed by atoms with E-state index in [4.69, 9.17) is 0 Å². The molecule has 1 aromatic carbocycles. The van der Waals surface area contributed by atoms with E-state index in [9.17, 15) is 13.6 Å². The van der Waals surface area contributed by atoms with E-state index in [0.29, 0.717) is 22.6 Å². The molecule has 1 spiro atoms. The number of alkyl halides is 2. The van der Waals surface area contributed by atoms with E-state index in [2.05, 4.69) is 46.8 Å². The second-order valence-corrected chi connectivity index (χ2v) is 13.2. The maximum absolute atomic E-state index is 13.5. The molecule has 3 aliphatic rings. The van der Waals surface area contributed by atoms with E-state index in [1.54, 1.807) is 24.1 Å². The summed E-state index contributed by atoms with van der Waals surface area (Å²) in [6.45, 7) is 9.50. The molecule has 1 aromatic heterocycles. The molecule has 3 heterocycles. The van der Waals surface area contributed by atoms with Crippen LogP contribution in [0.1, 0.15) is 62.4 Å². The average Bonchev–Trinajstić information content (AvgIpc) is 3.54. The molecule has 6 nitrogen and oxygen atoms in total. The number of hydrogen-bond donors (Lipinski definition) is 2. The average molecular weight is 516 g/mol. The van der Waals surface area contributed by atoms with Gasteiger partial charge in [0, 0.05) is 23.5 Å². The summed E-state index contributed by atoms with van der Waals surface area (Å²) in [5.41, 5.74) is 3.86. The number of halogens is 2. The summed E-state index contributed by atoms with van der Waals surface area (Å²) in [5.74, 6) is -2.10. The molecule has 2 saturated heterocycles. The van der Waals surface area contributed by atoms with Crippen molar-refractivity contribution in [1.29, 1.82) is 0 Å². The van der Waals surface area contributed by atoms with E-state index in [0.717, 1.165) is 42.9 Å². The number of hydrogen-bond acceptors (Lipinski definition) is 6. The van der Waals surface area contributed by atoms with Gasteiger partial charge in [-0.1, -0.05) is 0 Å². The van der Waals surface area contributed by atoms with Gasteiger partial charge < -0.3 is 19.8 Å². The van der Waals surface area contributed by atoms with Gasteiger partial charge in [0.25, 0.3) is 11.8 Å². The number of amides is 1. The van der Waals surface area contributed by atoms with Gasteiger partial charge in [-0.15, -0.1) is 0 Å². The van der Waals surface area contributed by atoms with Gasteiger partial charge in [-0.2, -0.15) is 0 Å². The lowest BCUT2D eigenvalue weighted by molar-refractivity contribution is -0.0267. The number of nitrogens with one attached hydrogen (secondary N) is 2. The van der Waals surface area contributed by atoms with Crippen LogP contribution in [0.4, 0.5) is 31.8 Å². The molecule has 2 aromatic rings. The van der Waals surface area contributed by atoms with Gasteiger partial charge in [-0.25, -0.2) is 13.8 Å². The summed E-state index contributed by atoms with van der Waals surface area (Å²) in [4.78, 5) is 21.8. The molecule has 0 radical (unpaired) electrons. The van der Waals surface area contributed by atoms with Gasteiger partial charge in [-0.05, 0) is 107 Å². The summed E-state index contributed by atoms with van der Waals surface area (Å²) >= 11 is 1.64. The van der Waals surface area contributed by atoms with Crippen LogP contribution in [0.3, 0.4) is 0 Å². The molecule has 1 amide bonds. The van der Waals surface area contributed by atoms with Gasteiger partial charge in [0.1, 0.15) is 11.6 Å². The van der Waals surface area contributed by atoms with Crippen LogP contribution in [0.5, 0.6) is 0 Å². The van der Waals surface area contributed by atoms with Gasteiger partial charge in [0.2, 0.25) is 0 Å². The molecule has 1 aliphatic carbocycles. The minimum atomic E-state index is -2.68. The Morgan fingerprint density at radius 1 is 1.03 bits per heavy atom. The van der Waals surface area contributed by atoms with Crippen molar-refractivity contribution >= 4 is 40.9 Å². The van der Waals surface area contributed by atoms with Crippen molar-refractivity contribution < 1.29 is 13.6 Å². The molecule has 2 aliphatic heterocycles. The highest BCUT2D eigenvalue weighted by molar-refractivity contribution is 8.01. The largest absolute Gasteiger partial charge is 0.371 e. The monoisotopic (exact) mass is 515 g/mol. The number of pyridine rings is 1. The van der Waals surface area contributed by atoms with Crippen molar-refractivity contribution in [2.75, 3.05) is 46.0 Å². The first-order chi connectivity index (χ1) is 16.9. The standard InChI is InChI=1S/C27H35F2N5OS/c1-18-13-22(30-23(14-18)34-16-27(28,29)17-34)31-24(35)20-6-5-19(32-36-25(2,3)4)15-21(20)33-11-9-26(7-8-26)10-12-33/h5-6,13-15,32H,7-12,16-17H2,1-4H3,(H,30,31,35). The van der Waals surface area contributed by atoms with Crippen LogP contribution in [-0.4, -0.2) is 47.7 Å². The van der Waals surface area contributed by atoms with E-state index in [1.165, 1.54) is 17.7 Å². The highest BCUT2D eigenvalue weighted by Gasteiger charge is 2.45. The number of rotatable bonds is 6. The van der Waals surface area contributed by atoms with Gasteiger partial charge >= 0.3 is 0 Å². The molecular formula is C27H35F2N5OS. The predicted octanol–water partition coefficient (Wildman–Crippen LogP) is 6.34. The molecule has 5 rings (SSSR count). The van der Waals surface area contributed by atoms with Crippen LogP contribution in [-0.2, 0) is 0 Å². The predicted molar refractivity (Wildman–Crippen MR) is 145 cm³/mol. The summed E-state index contributed by atoms with van der Waals surface area (Å²) < 4.78 is 30.2. The zero-order valence-corrected chi connectivity index (χ0v) is 22.3. The molecule has 1 saturated carbocycles. The quantitative estimate of drug-likeness (QED) is 0.438. The number of aromatic nitrogens is 1. The van der Waals surface area contributed by atoms with Crippen molar-refractivity contribution in [3.8, 4) is 0 Å². The van der Waals surface area contributed by atoms with E-state index in [1.807, 2.05) is 19.1 Å². The van der Waals surface area contributed by atoms with Crippen molar-refractivity contribution in [1.82, 2.24) is 4.98 Å². The Morgan fingerprint density at radius 2 is 1.72 bits per heavy atom. The molecule has 3 fully saturated rings. The Hall–Kier alpha value is -2.55. The van der Waals surface area contributed by atoms with Crippen LogP contribution >= 0.6 is 11.9 Å². The fraction of sp³-hybridized carbons (Fsp3) is 0.556. The minimum Gasteiger partial charge on any atom is -0.371 e. The van der Waals surface area contributed by atoms with Crippen LogP contribution < -0.4 is 19.8 Å². The van der Waals surface area contributed by atoms with Crippen LogP contribution in [0.15, 0.2) is 30.3 Å². The third-order valence-electron chi connectivity index (χ3n) is 7.21. The molecule has 0 unspecified atom stereocenters. The number of anilines is 4. The van der Waals surface area contributed by atoms with Crippen LogP contribution in [0, 0.1) is 12.3 Å². The first kappa shape index (κ1) is 25.1. The number of carbonyl (C=O) groups excluding carboxylic acids is 1. The normalized spacial score (nSPS) is 20.2. The summed E-state index contributed by atoms with van der Waals surface area (Å²) in [6.07, 6.45) is 4.96.